The Labute approximate surface area is 146 Å². The molecule has 0 radical (unpaired) electrons. The lowest BCUT2D eigenvalue weighted by molar-refractivity contribution is -0.152. The van der Waals surface area contributed by atoms with Crippen molar-refractivity contribution in [3.05, 3.63) is 10.5 Å². The van der Waals surface area contributed by atoms with Gasteiger partial charge in [0.15, 0.2) is 5.16 Å². The van der Waals surface area contributed by atoms with Crippen LogP contribution < -0.4 is 5.69 Å². The summed E-state index contributed by atoms with van der Waals surface area (Å²) < 4.78 is 7.46. The van der Waals surface area contributed by atoms with Crippen LogP contribution in [-0.4, -0.2) is 32.6 Å². The maximum absolute atomic E-state index is 12.3. The summed E-state index contributed by atoms with van der Waals surface area (Å²) in [7, 11) is 0. The predicted octanol–water partition coefficient (Wildman–Crippen LogP) is 3.00. The third kappa shape index (κ3) is 4.05. The van der Waals surface area contributed by atoms with E-state index in [1.807, 2.05) is 0 Å². The molecule has 1 aromatic heterocycles. The highest BCUT2D eigenvalue weighted by atomic mass is 32.2. The molecule has 1 aromatic rings. The number of carbonyl (C=O) groups is 1. The van der Waals surface area contributed by atoms with Crippen molar-refractivity contribution in [2.75, 3.05) is 5.75 Å². The molecule has 134 valence electrons. The van der Waals surface area contributed by atoms with Gasteiger partial charge in [-0.25, -0.2) is 9.89 Å². The summed E-state index contributed by atoms with van der Waals surface area (Å²) in [5.74, 6) is 1.58. The number of hydrogen-bond acceptors (Lipinski definition) is 5. The van der Waals surface area contributed by atoms with Crippen molar-refractivity contribution in [3.63, 3.8) is 0 Å². The van der Waals surface area contributed by atoms with Crippen molar-refractivity contribution < 1.29 is 9.53 Å². The second kappa shape index (κ2) is 7.33. The van der Waals surface area contributed by atoms with E-state index in [1.54, 1.807) is 4.57 Å². The number of carbonyl (C=O) groups excluding carboxylic acids is 1. The van der Waals surface area contributed by atoms with E-state index in [-0.39, 0.29) is 29.6 Å². The number of H-pyrrole nitrogens is 1. The molecule has 2 aliphatic carbocycles. The zero-order valence-corrected chi connectivity index (χ0v) is 15.5. The van der Waals surface area contributed by atoms with E-state index in [0.29, 0.717) is 22.9 Å². The number of esters is 1. The van der Waals surface area contributed by atoms with Crippen molar-refractivity contribution in [1.29, 1.82) is 0 Å². The Morgan fingerprint density at radius 1 is 1.38 bits per heavy atom. The van der Waals surface area contributed by atoms with Gasteiger partial charge in [0, 0.05) is 6.04 Å². The molecular formula is C17H27N3O3S. The minimum absolute atomic E-state index is 0.0201. The van der Waals surface area contributed by atoms with E-state index in [9.17, 15) is 9.59 Å². The summed E-state index contributed by atoms with van der Waals surface area (Å²) in [5, 5.41) is 7.10. The van der Waals surface area contributed by atoms with Crippen molar-refractivity contribution in [2.45, 2.75) is 70.2 Å². The second-order valence-electron chi connectivity index (χ2n) is 7.56. The quantitative estimate of drug-likeness (QED) is 0.628. The molecule has 2 saturated carbocycles. The summed E-state index contributed by atoms with van der Waals surface area (Å²) in [4.78, 5) is 24.0. The van der Waals surface area contributed by atoms with Crippen LogP contribution in [0.3, 0.4) is 0 Å². The normalized spacial score (nSPS) is 27.4. The number of thioether (sulfide) groups is 1. The Kier molecular flexibility index (Phi) is 5.37. The van der Waals surface area contributed by atoms with Crippen LogP contribution in [0.2, 0.25) is 0 Å². The standard InChI is InChI=1S/C17H27N3O3S/c1-10(2)13-7-4-11(3)8-14(13)23-15(21)9-24-17-19-18-16(22)20(17)12-5-6-12/h10-14H,4-9H2,1-3H3,(H,18,22)/t11-,13-,14+/m0/s1. The van der Waals surface area contributed by atoms with Crippen LogP contribution in [0.4, 0.5) is 0 Å². The van der Waals surface area contributed by atoms with Gasteiger partial charge in [-0.1, -0.05) is 39.0 Å². The fourth-order valence-corrected chi connectivity index (χ4v) is 4.42. The number of nitrogens with zero attached hydrogens (tertiary/aromatic N) is 2. The molecule has 2 aliphatic rings. The first-order valence-electron chi connectivity index (χ1n) is 8.95. The molecule has 24 heavy (non-hydrogen) atoms. The monoisotopic (exact) mass is 353 g/mol. The molecular weight excluding hydrogens is 326 g/mol. The van der Waals surface area contributed by atoms with Gasteiger partial charge in [0.2, 0.25) is 0 Å². The summed E-state index contributed by atoms with van der Waals surface area (Å²) in [5.41, 5.74) is -0.186. The van der Waals surface area contributed by atoms with Gasteiger partial charge in [-0.3, -0.25) is 9.36 Å². The van der Waals surface area contributed by atoms with E-state index in [1.165, 1.54) is 18.2 Å². The third-order valence-corrected chi connectivity index (χ3v) is 6.07. The summed E-state index contributed by atoms with van der Waals surface area (Å²) in [6.45, 7) is 6.63. The highest BCUT2D eigenvalue weighted by molar-refractivity contribution is 7.99. The topological polar surface area (TPSA) is 77.0 Å². The first kappa shape index (κ1) is 17.6. The van der Waals surface area contributed by atoms with Crippen LogP contribution in [0, 0.1) is 17.8 Å². The lowest BCUT2D eigenvalue weighted by Crippen LogP contribution is -2.36. The second-order valence-corrected chi connectivity index (χ2v) is 8.50. The molecule has 0 saturated heterocycles. The smallest absolute Gasteiger partial charge is 0.344 e. The van der Waals surface area contributed by atoms with Crippen LogP contribution in [0.15, 0.2) is 9.95 Å². The number of aromatic nitrogens is 3. The molecule has 0 unspecified atom stereocenters. The molecule has 1 heterocycles. The molecule has 3 rings (SSSR count). The van der Waals surface area contributed by atoms with E-state index in [4.69, 9.17) is 4.74 Å². The van der Waals surface area contributed by atoms with Gasteiger partial charge in [-0.2, -0.15) is 0 Å². The summed E-state index contributed by atoms with van der Waals surface area (Å²) >= 11 is 1.29. The van der Waals surface area contributed by atoms with Crippen molar-refractivity contribution >= 4 is 17.7 Å². The number of aromatic amines is 1. The van der Waals surface area contributed by atoms with E-state index < -0.39 is 0 Å². The SMILES string of the molecule is CC(C)[C@@H]1CC[C@H](C)C[C@H]1OC(=O)CSc1n[nH]c(=O)n1C1CC1. The first-order chi connectivity index (χ1) is 11.5. The van der Waals surface area contributed by atoms with Crippen LogP contribution in [-0.2, 0) is 9.53 Å². The van der Waals surface area contributed by atoms with Gasteiger partial charge in [-0.05, 0) is 43.4 Å². The lowest BCUT2D eigenvalue weighted by Gasteiger charge is -2.36. The van der Waals surface area contributed by atoms with Gasteiger partial charge >= 0.3 is 11.7 Å². The molecule has 6 nitrogen and oxygen atoms in total. The van der Waals surface area contributed by atoms with E-state index in [2.05, 4.69) is 31.0 Å². The van der Waals surface area contributed by atoms with Gasteiger partial charge in [0.25, 0.3) is 0 Å². The van der Waals surface area contributed by atoms with E-state index >= 15 is 0 Å². The summed E-state index contributed by atoms with van der Waals surface area (Å²) in [6.07, 6.45) is 5.33. The van der Waals surface area contributed by atoms with E-state index in [0.717, 1.165) is 25.7 Å². The maximum atomic E-state index is 12.3. The number of hydrogen-bond donors (Lipinski definition) is 1. The Morgan fingerprint density at radius 3 is 2.79 bits per heavy atom. The van der Waals surface area contributed by atoms with Gasteiger partial charge in [-0.15, -0.1) is 5.10 Å². The van der Waals surface area contributed by atoms with Gasteiger partial charge in [0.05, 0.1) is 5.75 Å². The van der Waals surface area contributed by atoms with Crippen LogP contribution in [0.25, 0.3) is 0 Å². The third-order valence-electron chi connectivity index (χ3n) is 5.15. The molecule has 0 bridgehead atoms. The predicted molar refractivity (Wildman–Crippen MR) is 93.1 cm³/mol. The summed E-state index contributed by atoms with van der Waals surface area (Å²) in [6, 6.07) is 0.249. The fourth-order valence-electron chi connectivity index (χ4n) is 3.62. The molecule has 0 aromatic carbocycles. The largest absolute Gasteiger partial charge is 0.461 e. The zero-order valence-electron chi connectivity index (χ0n) is 14.7. The zero-order chi connectivity index (χ0) is 17.3. The lowest BCUT2D eigenvalue weighted by atomic mass is 9.75. The van der Waals surface area contributed by atoms with Crippen molar-refractivity contribution in [2.24, 2.45) is 17.8 Å². The Morgan fingerprint density at radius 2 is 2.12 bits per heavy atom. The Hall–Kier alpha value is -1.24. The fraction of sp³-hybridized carbons (Fsp3) is 0.824. The number of nitrogens with one attached hydrogen (secondary N) is 1. The molecule has 3 atom stereocenters. The molecule has 0 spiro atoms. The first-order valence-corrected chi connectivity index (χ1v) is 9.93. The maximum Gasteiger partial charge on any atom is 0.344 e. The number of rotatable bonds is 6. The van der Waals surface area contributed by atoms with Crippen molar-refractivity contribution in [1.82, 2.24) is 14.8 Å². The average Bonchev–Trinajstić information content (AvgIpc) is 3.28. The molecule has 0 amide bonds. The highest BCUT2D eigenvalue weighted by Crippen LogP contribution is 2.37. The molecule has 1 N–H and O–H groups in total. The molecule has 0 aliphatic heterocycles. The van der Waals surface area contributed by atoms with Gasteiger partial charge < -0.3 is 4.74 Å². The average molecular weight is 353 g/mol. The minimum atomic E-state index is -0.206. The van der Waals surface area contributed by atoms with Crippen LogP contribution in [0.5, 0.6) is 0 Å². The Bertz CT molecular complexity index is 635. The van der Waals surface area contributed by atoms with Crippen LogP contribution >= 0.6 is 11.8 Å². The molecule has 7 heteroatoms. The Balaban J connectivity index is 1.56. The number of ether oxygens (including phenoxy) is 1. The van der Waals surface area contributed by atoms with Gasteiger partial charge in [0.1, 0.15) is 6.10 Å². The highest BCUT2D eigenvalue weighted by Gasteiger charge is 2.34. The van der Waals surface area contributed by atoms with Crippen molar-refractivity contribution in [3.8, 4) is 0 Å². The molecule has 2 fully saturated rings. The minimum Gasteiger partial charge on any atom is -0.461 e. The van der Waals surface area contributed by atoms with Crippen LogP contribution in [0.1, 0.15) is 58.9 Å².